The van der Waals surface area contributed by atoms with Crippen LogP contribution in [0.3, 0.4) is 0 Å². The van der Waals surface area contributed by atoms with Gasteiger partial charge in [-0.2, -0.15) is 5.10 Å². The first-order valence-corrected chi connectivity index (χ1v) is 9.21. The standard InChI is InChI=1S/C21H23N5O/c1-16-6-5-7-18(14-16)26-17(2)15-19(23-26)21(27)25-12-10-24(11-13-25)20-8-3-4-9-22-20/h3-9,14-15H,10-13H2,1-2H3. The van der Waals surface area contributed by atoms with Crippen molar-refractivity contribution in [3.05, 3.63) is 71.7 Å². The first-order valence-electron chi connectivity index (χ1n) is 9.21. The van der Waals surface area contributed by atoms with E-state index < -0.39 is 0 Å². The molecule has 4 rings (SSSR count). The maximum absolute atomic E-state index is 12.9. The van der Waals surface area contributed by atoms with Crippen molar-refractivity contribution in [1.29, 1.82) is 0 Å². The molecule has 0 aliphatic carbocycles. The normalized spacial score (nSPS) is 14.4. The molecule has 0 atom stereocenters. The van der Waals surface area contributed by atoms with Crippen LogP contribution < -0.4 is 4.90 Å². The van der Waals surface area contributed by atoms with Crippen molar-refractivity contribution in [2.45, 2.75) is 13.8 Å². The molecule has 1 aromatic carbocycles. The van der Waals surface area contributed by atoms with Crippen molar-refractivity contribution in [1.82, 2.24) is 19.7 Å². The third-order valence-corrected chi connectivity index (χ3v) is 4.89. The molecule has 0 saturated carbocycles. The van der Waals surface area contributed by atoms with Gasteiger partial charge in [0.15, 0.2) is 5.69 Å². The molecule has 0 unspecified atom stereocenters. The van der Waals surface area contributed by atoms with Crippen LogP contribution in [0.4, 0.5) is 5.82 Å². The van der Waals surface area contributed by atoms with Gasteiger partial charge in [0.25, 0.3) is 5.91 Å². The number of carbonyl (C=O) groups is 1. The van der Waals surface area contributed by atoms with Gasteiger partial charge in [-0.05, 0) is 49.7 Å². The van der Waals surface area contributed by atoms with Gasteiger partial charge in [-0.1, -0.05) is 18.2 Å². The number of rotatable bonds is 3. The number of hydrogen-bond acceptors (Lipinski definition) is 4. The number of aryl methyl sites for hydroxylation is 2. The van der Waals surface area contributed by atoms with E-state index in [0.717, 1.165) is 30.3 Å². The van der Waals surface area contributed by atoms with Gasteiger partial charge in [0, 0.05) is 38.1 Å². The zero-order valence-corrected chi connectivity index (χ0v) is 15.7. The Labute approximate surface area is 159 Å². The molecule has 1 amide bonds. The zero-order valence-electron chi connectivity index (χ0n) is 15.7. The minimum absolute atomic E-state index is 0.00910. The first kappa shape index (κ1) is 17.3. The third kappa shape index (κ3) is 3.56. The average molecular weight is 361 g/mol. The fraction of sp³-hybridized carbons (Fsp3) is 0.286. The zero-order chi connectivity index (χ0) is 18.8. The Hall–Kier alpha value is -3.15. The van der Waals surface area contributed by atoms with E-state index in [9.17, 15) is 4.79 Å². The summed E-state index contributed by atoms with van der Waals surface area (Å²) in [5, 5.41) is 4.57. The molecular weight excluding hydrogens is 338 g/mol. The highest BCUT2D eigenvalue weighted by Crippen LogP contribution is 2.17. The lowest BCUT2D eigenvalue weighted by molar-refractivity contribution is 0.0740. The van der Waals surface area contributed by atoms with Crippen molar-refractivity contribution in [3.63, 3.8) is 0 Å². The smallest absolute Gasteiger partial charge is 0.274 e. The lowest BCUT2D eigenvalue weighted by Crippen LogP contribution is -2.49. The molecule has 138 valence electrons. The summed E-state index contributed by atoms with van der Waals surface area (Å²) < 4.78 is 1.84. The van der Waals surface area contributed by atoms with Crippen molar-refractivity contribution >= 4 is 11.7 Å². The van der Waals surface area contributed by atoms with E-state index in [1.165, 1.54) is 5.56 Å². The third-order valence-electron chi connectivity index (χ3n) is 4.89. The summed E-state index contributed by atoms with van der Waals surface area (Å²) in [6.45, 7) is 6.93. The average Bonchev–Trinajstić information content (AvgIpc) is 3.10. The quantitative estimate of drug-likeness (QED) is 0.720. The number of piperazine rings is 1. The van der Waals surface area contributed by atoms with Gasteiger partial charge in [-0.15, -0.1) is 0 Å². The second-order valence-electron chi connectivity index (χ2n) is 6.89. The maximum Gasteiger partial charge on any atom is 0.274 e. The fourth-order valence-corrected chi connectivity index (χ4v) is 3.44. The van der Waals surface area contributed by atoms with Crippen molar-refractivity contribution in [2.75, 3.05) is 31.1 Å². The van der Waals surface area contributed by atoms with E-state index in [0.29, 0.717) is 18.8 Å². The van der Waals surface area contributed by atoms with Crippen LogP contribution in [0.15, 0.2) is 54.7 Å². The van der Waals surface area contributed by atoms with Gasteiger partial charge < -0.3 is 9.80 Å². The minimum atomic E-state index is -0.00910. The van der Waals surface area contributed by atoms with Crippen molar-refractivity contribution in [3.8, 4) is 5.69 Å². The molecule has 1 aliphatic heterocycles. The van der Waals surface area contributed by atoms with Gasteiger partial charge in [-0.25, -0.2) is 9.67 Å². The molecule has 3 aromatic rings. The van der Waals surface area contributed by atoms with Gasteiger partial charge in [0.05, 0.1) is 5.69 Å². The Bertz CT molecular complexity index is 942. The summed E-state index contributed by atoms with van der Waals surface area (Å²) >= 11 is 0. The maximum atomic E-state index is 12.9. The highest BCUT2D eigenvalue weighted by molar-refractivity contribution is 5.92. The number of nitrogens with zero attached hydrogens (tertiary/aromatic N) is 5. The topological polar surface area (TPSA) is 54.3 Å². The highest BCUT2D eigenvalue weighted by Gasteiger charge is 2.25. The SMILES string of the molecule is Cc1cccc(-n2nc(C(=O)N3CCN(c4ccccn4)CC3)cc2C)c1. The number of benzene rings is 1. The lowest BCUT2D eigenvalue weighted by Gasteiger charge is -2.35. The van der Waals surface area contributed by atoms with Crippen molar-refractivity contribution < 1.29 is 4.79 Å². The molecule has 6 heteroatoms. The second kappa shape index (κ2) is 7.23. The Morgan fingerprint density at radius 1 is 0.963 bits per heavy atom. The van der Waals surface area contributed by atoms with Gasteiger partial charge in [0.2, 0.25) is 0 Å². The Balaban J connectivity index is 1.47. The van der Waals surface area contributed by atoms with Crippen LogP contribution in [0.2, 0.25) is 0 Å². The van der Waals surface area contributed by atoms with Crippen molar-refractivity contribution in [2.24, 2.45) is 0 Å². The molecule has 0 bridgehead atoms. The summed E-state index contributed by atoms with van der Waals surface area (Å²) in [5.41, 5.74) is 3.60. The van der Waals surface area contributed by atoms with E-state index in [4.69, 9.17) is 0 Å². The number of carbonyl (C=O) groups excluding carboxylic acids is 1. The Morgan fingerprint density at radius 3 is 2.48 bits per heavy atom. The molecule has 0 N–H and O–H groups in total. The second-order valence-corrected chi connectivity index (χ2v) is 6.89. The van der Waals surface area contributed by atoms with E-state index >= 15 is 0 Å². The van der Waals surface area contributed by atoms with Gasteiger partial charge >= 0.3 is 0 Å². The monoisotopic (exact) mass is 361 g/mol. The molecule has 1 fully saturated rings. The van der Waals surface area contributed by atoms with Crippen LogP contribution in [-0.4, -0.2) is 51.8 Å². The summed E-state index contributed by atoms with van der Waals surface area (Å²) in [6, 6.07) is 15.9. The molecule has 2 aromatic heterocycles. The van der Waals surface area contributed by atoms with Crippen LogP contribution in [0, 0.1) is 13.8 Å². The van der Waals surface area contributed by atoms with Crippen LogP contribution >= 0.6 is 0 Å². The van der Waals surface area contributed by atoms with E-state index in [2.05, 4.69) is 34.0 Å². The Morgan fingerprint density at radius 2 is 1.78 bits per heavy atom. The van der Waals surface area contributed by atoms with Crippen LogP contribution in [0.1, 0.15) is 21.7 Å². The largest absolute Gasteiger partial charge is 0.353 e. The predicted octanol–water partition coefficient (Wildman–Crippen LogP) is 2.85. The summed E-state index contributed by atoms with van der Waals surface area (Å²) in [6.07, 6.45) is 1.80. The lowest BCUT2D eigenvalue weighted by atomic mass is 10.2. The molecule has 6 nitrogen and oxygen atoms in total. The first-order chi connectivity index (χ1) is 13.1. The number of pyridine rings is 1. The number of amides is 1. The molecular formula is C21H23N5O. The highest BCUT2D eigenvalue weighted by atomic mass is 16.2. The van der Waals surface area contributed by atoms with Crippen LogP contribution in [0.25, 0.3) is 5.69 Å². The fourth-order valence-electron chi connectivity index (χ4n) is 3.44. The number of anilines is 1. The number of hydrogen-bond donors (Lipinski definition) is 0. The Kier molecular flexibility index (Phi) is 4.62. The molecule has 27 heavy (non-hydrogen) atoms. The van der Waals surface area contributed by atoms with E-state index in [1.54, 1.807) is 6.20 Å². The van der Waals surface area contributed by atoms with E-state index in [1.807, 2.05) is 52.9 Å². The van der Waals surface area contributed by atoms with Gasteiger partial charge in [0.1, 0.15) is 5.82 Å². The molecule has 0 radical (unpaired) electrons. The van der Waals surface area contributed by atoms with Crippen LogP contribution in [-0.2, 0) is 0 Å². The molecule has 3 heterocycles. The molecule has 1 aliphatic rings. The predicted molar refractivity (Wildman–Crippen MR) is 105 cm³/mol. The van der Waals surface area contributed by atoms with Gasteiger partial charge in [-0.3, -0.25) is 4.79 Å². The van der Waals surface area contributed by atoms with Crippen LogP contribution in [0.5, 0.6) is 0 Å². The number of aromatic nitrogens is 3. The molecule has 1 saturated heterocycles. The summed E-state index contributed by atoms with van der Waals surface area (Å²) in [5.74, 6) is 0.953. The summed E-state index contributed by atoms with van der Waals surface area (Å²) in [4.78, 5) is 21.4. The minimum Gasteiger partial charge on any atom is -0.353 e. The van der Waals surface area contributed by atoms with E-state index in [-0.39, 0.29) is 5.91 Å². The summed E-state index contributed by atoms with van der Waals surface area (Å²) in [7, 11) is 0. The molecule has 0 spiro atoms.